The van der Waals surface area contributed by atoms with E-state index in [-0.39, 0.29) is 17.8 Å². The fourth-order valence-corrected chi connectivity index (χ4v) is 2.82. The zero-order valence-corrected chi connectivity index (χ0v) is 14.9. The normalized spacial score (nSPS) is 12.0. The molecule has 6 heteroatoms. The molecule has 0 saturated carbocycles. The molecule has 0 aliphatic heterocycles. The number of nitrogens with one attached hydrogen (secondary N) is 2. The van der Waals surface area contributed by atoms with E-state index in [1.807, 2.05) is 12.1 Å². The van der Waals surface area contributed by atoms with Crippen molar-refractivity contribution in [3.63, 3.8) is 0 Å². The van der Waals surface area contributed by atoms with Gasteiger partial charge in [0.05, 0.1) is 4.90 Å². The van der Waals surface area contributed by atoms with Crippen LogP contribution in [-0.2, 0) is 15.4 Å². The minimum absolute atomic E-state index is 0. The second-order valence-corrected chi connectivity index (χ2v) is 7.69. The van der Waals surface area contributed by atoms with E-state index in [2.05, 4.69) is 37.7 Å². The van der Waals surface area contributed by atoms with Crippen LogP contribution < -0.4 is 10.0 Å². The highest BCUT2D eigenvalue weighted by atomic mass is 35.5. The van der Waals surface area contributed by atoms with Gasteiger partial charge >= 0.3 is 0 Å². The van der Waals surface area contributed by atoms with Crippen LogP contribution in [0.1, 0.15) is 39.7 Å². The largest absolute Gasteiger partial charge is 0.315 e. The maximum atomic E-state index is 12.1. The molecule has 0 radical (unpaired) electrons. The Kier molecular flexibility index (Phi) is 8.48. The lowest BCUT2D eigenvalue weighted by molar-refractivity contribution is 0.573. The summed E-state index contributed by atoms with van der Waals surface area (Å²) in [5, 5.41) is 3.16. The van der Waals surface area contributed by atoms with Gasteiger partial charge in [-0.15, -0.1) is 12.4 Å². The van der Waals surface area contributed by atoms with Crippen LogP contribution in [0.3, 0.4) is 0 Å². The summed E-state index contributed by atoms with van der Waals surface area (Å²) < 4.78 is 26.8. The van der Waals surface area contributed by atoms with Gasteiger partial charge in [0.2, 0.25) is 10.0 Å². The standard InChI is InChI=1S/C15H26N2O2S.ClH/c1-5-10-16-11-12-17-20(18,19)14-8-6-13(7-9-14)15(2,3)4;/h6-9,16-17H,5,10-12H2,1-4H3;1H. The average molecular weight is 335 g/mol. The van der Waals surface area contributed by atoms with Crippen molar-refractivity contribution in [2.24, 2.45) is 0 Å². The Bertz CT molecular complexity index is 507. The molecule has 0 unspecified atom stereocenters. The fourth-order valence-electron chi connectivity index (χ4n) is 1.79. The maximum Gasteiger partial charge on any atom is 0.240 e. The first-order valence-electron chi connectivity index (χ1n) is 7.08. The van der Waals surface area contributed by atoms with Crippen LogP contribution in [0.4, 0.5) is 0 Å². The van der Waals surface area contributed by atoms with Crippen molar-refractivity contribution in [1.82, 2.24) is 10.0 Å². The van der Waals surface area contributed by atoms with Gasteiger partial charge in [0, 0.05) is 13.1 Å². The molecule has 2 N–H and O–H groups in total. The van der Waals surface area contributed by atoms with Gasteiger partial charge in [-0.3, -0.25) is 0 Å². The molecule has 0 amide bonds. The molecule has 21 heavy (non-hydrogen) atoms. The first-order chi connectivity index (χ1) is 9.27. The number of hydrogen-bond acceptors (Lipinski definition) is 3. The lowest BCUT2D eigenvalue weighted by Gasteiger charge is -2.19. The summed E-state index contributed by atoms with van der Waals surface area (Å²) in [6, 6.07) is 7.10. The molecule has 122 valence electrons. The van der Waals surface area contributed by atoms with E-state index in [1.54, 1.807) is 12.1 Å². The van der Waals surface area contributed by atoms with Crippen molar-refractivity contribution in [2.45, 2.75) is 44.4 Å². The van der Waals surface area contributed by atoms with Gasteiger partial charge < -0.3 is 5.32 Å². The quantitative estimate of drug-likeness (QED) is 0.754. The van der Waals surface area contributed by atoms with Crippen LogP contribution in [0.25, 0.3) is 0 Å². The van der Waals surface area contributed by atoms with Gasteiger partial charge in [0.25, 0.3) is 0 Å². The van der Waals surface area contributed by atoms with Gasteiger partial charge in [-0.05, 0) is 36.1 Å². The topological polar surface area (TPSA) is 58.2 Å². The van der Waals surface area contributed by atoms with E-state index < -0.39 is 10.0 Å². The Morgan fingerprint density at radius 3 is 2.05 bits per heavy atom. The highest BCUT2D eigenvalue weighted by Gasteiger charge is 2.16. The van der Waals surface area contributed by atoms with Crippen molar-refractivity contribution in [2.75, 3.05) is 19.6 Å². The van der Waals surface area contributed by atoms with Gasteiger partial charge in [-0.1, -0.05) is 39.8 Å². The third-order valence-electron chi connectivity index (χ3n) is 3.05. The van der Waals surface area contributed by atoms with Gasteiger partial charge in [-0.2, -0.15) is 0 Å². The molecule has 0 bridgehead atoms. The molecule has 0 heterocycles. The molecular weight excluding hydrogens is 308 g/mol. The number of sulfonamides is 1. The molecular formula is C15H27ClN2O2S. The molecule has 0 aliphatic rings. The van der Waals surface area contributed by atoms with Crippen LogP contribution in [0, 0.1) is 0 Å². The zero-order valence-electron chi connectivity index (χ0n) is 13.3. The summed E-state index contributed by atoms with van der Waals surface area (Å²) in [5.74, 6) is 0. The summed E-state index contributed by atoms with van der Waals surface area (Å²) in [6.45, 7) is 10.4. The minimum Gasteiger partial charge on any atom is -0.315 e. The number of hydrogen-bond donors (Lipinski definition) is 2. The monoisotopic (exact) mass is 334 g/mol. The SMILES string of the molecule is CCCNCCNS(=O)(=O)c1ccc(C(C)(C)C)cc1.Cl. The Labute approximate surface area is 135 Å². The molecule has 0 aromatic heterocycles. The van der Waals surface area contributed by atoms with Crippen LogP contribution in [0.15, 0.2) is 29.2 Å². The average Bonchev–Trinajstić information content (AvgIpc) is 2.37. The van der Waals surface area contributed by atoms with E-state index in [9.17, 15) is 8.42 Å². The first kappa shape index (κ1) is 20.4. The van der Waals surface area contributed by atoms with E-state index in [0.29, 0.717) is 18.0 Å². The number of rotatable bonds is 7. The minimum atomic E-state index is -3.40. The predicted octanol–water partition coefficient (Wildman–Crippen LogP) is 2.68. The Morgan fingerprint density at radius 1 is 1.00 bits per heavy atom. The van der Waals surface area contributed by atoms with E-state index in [4.69, 9.17) is 0 Å². The molecule has 0 fully saturated rings. The molecule has 0 spiro atoms. The summed E-state index contributed by atoms with van der Waals surface area (Å²) in [4.78, 5) is 0.320. The van der Waals surface area contributed by atoms with Gasteiger partial charge in [-0.25, -0.2) is 13.1 Å². The number of benzene rings is 1. The Morgan fingerprint density at radius 2 is 1.57 bits per heavy atom. The van der Waals surface area contributed by atoms with Crippen molar-refractivity contribution in [3.8, 4) is 0 Å². The van der Waals surface area contributed by atoms with Crippen LogP contribution in [-0.4, -0.2) is 28.1 Å². The van der Waals surface area contributed by atoms with Crippen molar-refractivity contribution >= 4 is 22.4 Å². The van der Waals surface area contributed by atoms with Crippen molar-refractivity contribution in [1.29, 1.82) is 0 Å². The molecule has 0 saturated heterocycles. The van der Waals surface area contributed by atoms with Crippen LogP contribution >= 0.6 is 12.4 Å². The highest BCUT2D eigenvalue weighted by molar-refractivity contribution is 7.89. The van der Waals surface area contributed by atoms with Crippen molar-refractivity contribution in [3.05, 3.63) is 29.8 Å². The zero-order chi connectivity index (χ0) is 15.2. The first-order valence-corrected chi connectivity index (χ1v) is 8.56. The Balaban J connectivity index is 0.00000400. The smallest absolute Gasteiger partial charge is 0.240 e. The van der Waals surface area contributed by atoms with Crippen molar-refractivity contribution < 1.29 is 8.42 Å². The Hall–Kier alpha value is -0.620. The molecule has 1 rings (SSSR count). The second kappa shape index (κ2) is 8.73. The van der Waals surface area contributed by atoms with Gasteiger partial charge in [0.1, 0.15) is 0 Å². The van der Waals surface area contributed by atoms with Crippen LogP contribution in [0.2, 0.25) is 0 Å². The molecule has 0 atom stereocenters. The summed E-state index contributed by atoms with van der Waals surface area (Å²) in [6.07, 6.45) is 1.04. The van der Waals surface area contributed by atoms with E-state index in [1.165, 1.54) is 0 Å². The third-order valence-corrected chi connectivity index (χ3v) is 4.53. The van der Waals surface area contributed by atoms with Gasteiger partial charge in [0.15, 0.2) is 0 Å². The third kappa shape index (κ3) is 6.78. The number of halogens is 1. The van der Waals surface area contributed by atoms with E-state index >= 15 is 0 Å². The van der Waals surface area contributed by atoms with E-state index in [0.717, 1.165) is 18.5 Å². The molecule has 0 aliphatic carbocycles. The molecule has 1 aromatic rings. The maximum absolute atomic E-state index is 12.1. The summed E-state index contributed by atoms with van der Waals surface area (Å²) >= 11 is 0. The summed E-state index contributed by atoms with van der Waals surface area (Å²) in [5.41, 5.74) is 1.15. The molecule has 4 nitrogen and oxygen atoms in total. The highest BCUT2D eigenvalue weighted by Crippen LogP contribution is 2.23. The lowest BCUT2D eigenvalue weighted by Crippen LogP contribution is -2.32. The van der Waals surface area contributed by atoms with Crippen LogP contribution in [0.5, 0.6) is 0 Å². The second-order valence-electron chi connectivity index (χ2n) is 5.92. The molecule has 1 aromatic carbocycles. The predicted molar refractivity (Wildman–Crippen MR) is 90.7 cm³/mol. The lowest BCUT2D eigenvalue weighted by atomic mass is 9.87. The summed E-state index contributed by atoms with van der Waals surface area (Å²) in [7, 11) is -3.40. The fraction of sp³-hybridized carbons (Fsp3) is 0.600.